The Morgan fingerprint density at radius 1 is 0.943 bits per heavy atom. The number of piperidine rings is 1. The average Bonchev–Trinajstić information content (AvgIpc) is 3.31. The van der Waals surface area contributed by atoms with Gasteiger partial charge in [0.15, 0.2) is 0 Å². The Bertz CT molecular complexity index is 1070. The number of hydrogen-bond acceptors (Lipinski definition) is 5. The lowest BCUT2D eigenvalue weighted by molar-refractivity contribution is -0.145. The van der Waals surface area contributed by atoms with E-state index in [2.05, 4.69) is 36.1 Å². The van der Waals surface area contributed by atoms with Crippen LogP contribution in [0.2, 0.25) is 0 Å². The van der Waals surface area contributed by atoms with Gasteiger partial charge >= 0.3 is 5.97 Å². The molecule has 2 aromatic rings. The molecule has 0 spiro atoms. The van der Waals surface area contributed by atoms with Crippen molar-refractivity contribution in [2.75, 3.05) is 32.8 Å². The van der Waals surface area contributed by atoms with Gasteiger partial charge in [-0.05, 0) is 80.3 Å². The summed E-state index contributed by atoms with van der Waals surface area (Å²) in [5, 5.41) is 0. The molecule has 190 valence electrons. The average molecular weight is 499 g/mol. The highest BCUT2D eigenvalue weighted by Gasteiger charge is 2.30. The van der Waals surface area contributed by atoms with Crippen LogP contribution in [0.3, 0.4) is 0 Å². The number of rotatable bonds is 9. The molecule has 2 fully saturated rings. The van der Waals surface area contributed by atoms with E-state index in [4.69, 9.17) is 4.74 Å². The first-order valence-corrected chi connectivity index (χ1v) is 14.4. The Morgan fingerprint density at radius 3 is 2.14 bits per heavy atom. The molecule has 1 unspecified atom stereocenters. The van der Waals surface area contributed by atoms with E-state index in [1.165, 1.54) is 24.9 Å². The highest BCUT2D eigenvalue weighted by molar-refractivity contribution is 7.89. The second-order valence-electron chi connectivity index (χ2n) is 9.88. The molecule has 1 atom stereocenters. The summed E-state index contributed by atoms with van der Waals surface area (Å²) in [6, 6.07) is 16.5. The standard InChI is InChI=1S/C28H38N2O4S/c1-3-28(31)34-21-24-15-19-30(20-16-24)35(32,33)27-12-10-26(11-13-27)25-8-6-23(7-9-25)14-18-29-17-4-5-22(29)2/h6-13,22,24H,3-5,14-21H2,1-2H3. The summed E-state index contributed by atoms with van der Waals surface area (Å²) < 4.78 is 33.1. The fourth-order valence-corrected chi connectivity index (χ4v) is 6.53. The van der Waals surface area contributed by atoms with E-state index in [9.17, 15) is 13.2 Å². The van der Waals surface area contributed by atoms with Crippen LogP contribution in [0.4, 0.5) is 0 Å². The number of hydrogen-bond donors (Lipinski definition) is 0. The molecule has 2 saturated heterocycles. The van der Waals surface area contributed by atoms with Crippen LogP contribution < -0.4 is 0 Å². The zero-order valence-corrected chi connectivity index (χ0v) is 21.8. The van der Waals surface area contributed by atoms with Crippen molar-refractivity contribution in [1.82, 2.24) is 9.21 Å². The minimum Gasteiger partial charge on any atom is -0.465 e. The zero-order valence-electron chi connectivity index (χ0n) is 21.0. The van der Waals surface area contributed by atoms with Crippen LogP contribution in [0.15, 0.2) is 53.4 Å². The topological polar surface area (TPSA) is 66.9 Å². The van der Waals surface area contributed by atoms with E-state index in [1.807, 2.05) is 12.1 Å². The second-order valence-corrected chi connectivity index (χ2v) is 11.8. The normalized spacial score (nSPS) is 20.2. The Kier molecular flexibility index (Phi) is 8.63. The molecule has 7 heteroatoms. The maximum atomic E-state index is 13.1. The number of ether oxygens (including phenoxy) is 1. The van der Waals surface area contributed by atoms with Crippen LogP contribution in [0.25, 0.3) is 11.1 Å². The van der Waals surface area contributed by atoms with Crippen molar-refractivity contribution in [2.45, 2.75) is 63.3 Å². The SMILES string of the molecule is CCC(=O)OCC1CCN(S(=O)(=O)c2ccc(-c3ccc(CCN4CCCC4C)cc3)cc2)CC1. The minimum absolute atomic E-state index is 0.202. The molecule has 0 aliphatic carbocycles. The Hall–Kier alpha value is -2.22. The molecule has 2 heterocycles. The van der Waals surface area contributed by atoms with Gasteiger partial charge in [0.25, 0.3) is 0 Å². The van der Waals surface area contributed by atoms with Gasteiger partial charge in [-0.2, -0.15) is 4.31 Å². The third-order valence-electron chi connectivity index (χ3n) is 7.50. The van der Waals surface area contributed by atoms with Gasteiger partial charge < -0.3 is 9.64 Å². The van der Waals surface area contributed by atoms with Crippen molar-refractivity contribution in [3.8, 4) is 11.1 Å². The maximum absolute atomic E-state index is 13.1. The molecule has 2 aliphatic rings. The van der Waals surface area contributed by atoms with Crippen LogP contribution >= 0.6 is 0 Å². The summed E-state index contributed by atoms with van der Waals surface area (Å²) in [4.78, 5) is 14.3. The lowest BCUT2D eigenvalue weighted by Crippen LogP contribution is -2.39. The first kappa shape index (κ1) is 25.9. The van der Waals surface area contributed by atoms with E-state index in [0.29, 0.717) is 49.9 Å². The van der Waals surface area contributed by atoms with Gasteiger partial charge in [-0.1, -0.05) is 43.3 Å². The van der Waals surface area contributed by atoms with Crippen molar-refractivity contribution >= 4 is 16.0 Å². The van der Waals surface area contributed by atoms with Gasteiger partial charge in [0.05, 0.1) is 11.5 Å². The van der Waals surface area contributed by atoms with Gasteiger partial charge in [0, 0.05) is 32.1 Å². The van der Waals surface area contributed by atoms with E-state index < -0.39 is 10.0 Å². The summed E-state index contributed by atoms with van der Waals surface area (Å²) in [5.74, 6) is 0.0209. The largest absolute Gasteiger partial charge is 0.465 e. The van der Waals surface area contributed by atoms with Crippen molar-refractivity contribution in [3.63, 3.8) is 0 Å². The smallest absolute Gasteiger partial charge is 0.305 e. The first-order valence-electron chi connectivity index (χ1n) is 13.0. The van der Waals surface area contributed by atoms with Crippen molar-refractivity contribution in [1.29, 1.82) is 0 Å². The van der Waals surface area contributed by atoms with E-state index in [0.717, 1.165) is 24.1 Å². The molecular weight excluding hydrogens is 460 g/mol. The van der Waals surface area contributed by atoms with Crippen LogP contribution in [-0.4, -0.2) is 62.4 Å². The quantitative estimate of drug-likeness (QED) is 0.468. The highest BCUT2D eigenvalue weighted by Crippen LogP contribution is 2.27. The molecule has 2 aromatic carbocycles. The van der Waals surface area contributed by atoms with E-state index >= 15 is 0 Å². The third-order valence-corrected chi connectivity index (χ3v) is 9.41. The fraction of sp³-hybridized carbons (Fsp3) is 0.536. The molecule has 0 radical (unpaired) electrons. The third kappa shape index (κ3) is 6.51. The number of benzene rings is 2. The Morgan fingerprint density at radius 2 is 1.57 bits per heavy atom. The number of esters is 1. The second kappa shape index (κ2) is 11.7. The molecule has 0 aromatic heterocycles. The van der Waals surface area contributed by atoms with Crippen molar-refractivity contribution < 1.29 is 17.9 Å². The Labute approximate surface area is 210 Å². The fourth-order valence-electron chi connectivity index (χ4n) is 5.06. The first-order chi connectivity index (χ1) is 16.9. The van der Waals surface area contributed by atoms with Crippen LogP contribution in [-0.2, 0) is 26.0 Å². The number of likely N-dealkylation sites (tertiary alicyclic amines) is 1. The summed E-state index contributed by atoms with van der Waals surface area (Å²) in [6.07, 6.45) is 5.44. The molecule has 0 N–H and O–H groups in total. The van der Waals surface area contributed by atoms with Crippen LogP contribution in [0.5, 0.6) is 0 Å². The van der Waals surface area contributed by atoms with E-state index in [1.54, 1.807) is 23.4 Å². The molecule has 0 amide bonds. The molecule has 2 aliphatic heterocycles. The number of nitrogens with zero attached hydrogens (tertiary/aromatic N) is 2. The summed E-state index contributed by atoms with van der Waals surface area (Å²) >= 11 is 0. The van der Waals surface area contributed by atoms with E-state index in [-0.39, 0.29) is 11.9 Å². The monoisotopic (exact) mass is 498 g/mol. The van der Waals surface area contributed by atoms with Crippen LogP contribution in [0.1, 0.15) is 51.5 Å². The van der Waals surface area contributed by atoms with Gasteiger partial charge in [0.2, 0.25) is 10.0 Å². The van der Waals surface area contributed by atoms with Gasteiger partial charge in [-0.3, -0.25) is 4.79 Å². The number of sulfonamides is 1. The molecular formula is C28H38N2O4S. The molecule has 6 nitrogen and oxygen atoms in total. The van der Waals surface area contributed by atoms with Crippen molar-refractivity contribution in [3.05, 3.63) is 54.1 Å². The van der Waals surface area contributed by atoms with Gasteiger partial charge in [-0.15, -0.1) is 0 Å². The molecule has 35 heavy (non-hydrogen) atoms. The summed E-state index contributed by atoms with van der Waals surface area (Å²) in [7, 11) is -3.53. The number of carbonyl (C=O) groups excluding carboxylic acids is 1. The van der Waals surface area contributed by atoms with Crippen molar-refractivity contribution in [2.24, 2.45) is 5.92 Å². The maximum Gasteiger partial charge on any atom is 0.305 e. The lowest BCUT2D eigenvalue weighted by Gasteiger charge is -2.31. The molecule has 4 rings (SSSR count). The van der Waals surface area contributed by atoms with Gasteiger partial charge in [0.1, 0.15) is 0 Å². The predicted octanol–water partition coefficient (Wildman–Crippen LogP) is 4.73. The van der Waals surface area contributed by atoms with Gasteiger partial charge in [-0.25, -0.2) is 8.42 Å². The predicted molar refractivity (Wildman–Crippen MR) is 139 cm³/mol. The number of carbonyl (C=O) groups is 1. The summed E-state index contributed by atoms with van der Waals surface area (Å²) in [6.45, 7) is 7.69. The highest BCUT2D eigenvalue weighted by atomic mass is 32.2. The minimum atomic E-state index is -3.53. The Balaban J connectivity index is 1.32. The lowest BCUT2D eigenvalue weighted by atomic mass is 9.99. The zero-order chi connectivity index (χ0) is 24.8. The molecule has 0 saturated carbocycles. The summed E-state index contributed by atoms with van der Waals surface area (Å²) in [5.41, 5.74) is 3.44. The molecule has 0 bridgehead atoms. The van der Waals surface area contributed by atoms with Crippen LogP contribution in [0, 0.1) is 5.92 Å².